The summed E-state index contributed by atoms with van der Waals surface area (Å²) in [5, 5.41) is 3.14. The van der Waals surface area contributed by atoms with Crippen LogP contribution in [0.25, 0.3) is 22.6 Å². The molecule has 4 aromatic rings. The first kappa shape index (κ1) is 26.0. The smallest absolute Gasteiger partial charge is 0.223 e. The third kappa shape index (κ3) is 6.81. The molecule has 3 aromatic heterocycles. The van der Waals surface area contributed by atoms with E-state index < -0.39 is 16.3 Å². The lowest BCUT2D eigenvalue weighted by molar-refractivity contribution is -0.198. The van der Waals surface area contributed by atoms with Crippen LogP contribution in [0.4, 0.5) is 10.3 Å². The molecular formula is C25H27FN6O5S. The summed E-state index contributed by atoms with van der Waals surface area (Å²) in [6.07, 6.45) is 4.13. The summed E-state index contributed by atoms with van der Waals surface area (Å²) >= 11 is 0. The lowest BCUT2D eigenvalue weighted by Gasteiger charge is -2.28. The van der Waals surface area contributed by atoms with Crippen molar-refractivity contribution in [3.8, 4) is 22.6 Å². The zero-order valence-electron chi connectivity index (χ0n) is 20.6. The molecule has 1 fully saturated rings. The highest BCUT2D eigenvalue weighted by atomic mass is 32.2. The van der Waals surface area contributed by atoms with E-state index in [4.69, 9.17) is 18.9 Å². The first-order chi connectivity index (χ1) is 18.3. The lowest BCUT2D eigenvalue weighted by Crippen LogP contribution is -2.39. The number of nitrogens with one attached hydrogen (secondary N) is 3. The summed E-state index contributed by atoms with van der Waals surface area (Å²) in [7, 11) is -3.28. The van der Waals surface area contributed by atoms with Gasteiger partial charge in [-0.2, -0.15) is 0 Å². The number of halogens is 1. The second-order valence-electron chi connectivity index (χ2n) is 8.90. The third-order valence-corrected chi connectivity index (χ3v) is 6.50. The van der Waals surface area contributed by atoms with Gasteiger partial charge in [-0.25, -0.2) is 32.5 Å². The number of sulfonamides is 1. The SMILES string of the molecule is CS(=O)(=O)NCC1COC(Cc2nc(-c3ccc(F)cc3)c(-c3ccnc(NCc4ccco4)n3)[nH]2)OC1. The number of rotatable bonds is 10. The van der Waals surface area contributed by atoms with E-state index >= 15 is 0 Å². The minimum absolute atomic E-state index is 0.0870. The molecule has 0 aliphatic carbocycles. The molecule has 1 aliphatic heterocycles. The Morgan fingerprint density at radius 1 is 1.11 bits per heavy atom. The topological polar surface area (TPSA) is 144 Å². The van der Waals surface area contributed by atoms with Crippen LogP contribution in [0.3, 0.4) is 0 Å². The van der Waals surface area contributed by atoms with Gasteiger partial charge in [0.25, 0.3) is 0 Å². The van der Waals surface area contributed by atoms with Crippen molar-refractivity contribution in [1.82, 2.24) is 24.7 Å². The number of aromatic nitrogens is 4. The number of nitrogens with zero attached hydrogens (tertiary/aromatic N) is 3. The van der Waals surface area contributed by atoms with Crippen molar-refractivity contribution < 1.29 is 26.7 Å². The summed E-state index contributed by atoms with van der Waals surface area (Å²) < 4.78 is 55.7. The second-order valence-corrected chi connectivity index (χ2v) is 10.7. The van der Waals surface area contributed by atoms with Crippen LogP contribution in [0.2, 0.25) is 0 Å². The Bertz CT molecular complexity index is 1450. The number of aromatic amines is 1. The minimum Gasteiger partial charge on any atom is -0.467 e. The molecule has 38 heavy (non-hydrogen) atoms. The van der Waals surface area contributed by atoms with E-state index in [2.05, 4.69) is 25.0 Å². The van der Waals surface area contributed by atoms with Gasteiger partial charge >= 0.3 is 0 Å². The number of furan rings is 1. The molecule has 200 valence electrons. The van der Waals surface area contributed by atoms with Crippen molar-refractivity contribution in [1.29, 1.82) is 0 Å². The molecule has 3 N–H and O–H groups in total. The zero-order valence-corrected chi connectivity index (χ0v) is 21.4. The van der Waals surface area contributed by atoms with E-state index in [1.165, 1.54) is 12.1 Å². The molecule has 1 aromatic carbocycles. The largest absolute Gasteiger partial charge is 0.467 e. The predicted molar refractivity (Wildman–Crippen MR) is 137 cm³/mol. The molecule has 11 nitrogen and oxygen atoms in total. The normalized spacial score (nSPS) is 17.9. The monoisotopic (exact) mass is 542 g/mol. The van der Waals surface area contributed by atoms with Gasteiger partial charge in [0.2, 0.25) is 16.0 Å². The van der Waals surface area contributed by atoms with Gasteiger partial charge in [-0.1, -0.05) is 0 Å². The predicted octanol–water partition coefficient (Wildman–Crippen LogP) is 2.96. The van der Waals surface area contributed by atoms with Crippen LogP contribution in [-0.4, -0.2) is 60.7 Å². The molecular weight excluding hydrogens is 515 g/mol. The van der Waals surface area contributed by atoms with Crippen molar-refractivity contribution in [2.45, 2.75) is 19.3 Å². The molecule has 0 unspecified atom stereocenters. The second kappa shape index (κ2) is 11.4. The fourth-order valence-electron chi connectivity index (χ4n) is 3.93. The van der Waals surface area contributed by atoms with Crippen LogP contribution in [0, 0.1) is 11.7 Å². The van der Waals surface area contributed by atoms with Gasteiger partial charge in [-0.3, -0.25) is 0 Å². The van der Waals surface area contributed by atoms with Crippen LogP contribution in [0.5, 0.6) is 0 Å². The molecule has 5 rings (SSSR count). The average molecular weight is 543 g/mol. The number of H-pyrrole nitrogens is 1. The Hall–Kier alpha value is -3.65. The summed E-state index contributed by atoms with van der Waals surface area (Å²) in [6, 6.07) is 11.5. The molecule has 0 amide bonds. The van der Waals surface area contributed by atoms with E-state index in [1.54, 1.807) is 30.7 Å². The minimum atomic E-state index is -3.28. The van der Waals surface area contributed by atoms with Crippen molar-refractivity contribution in [3.63, 3.8) is 0 Å². The van der Waals surface area contributed by atoms with Crippen LogP contribution in [-0.2, 0) is 32.5 Å². The molecule has 13 heteroatoms. The van der Waals surface area contributed by atoms with E-state index in [-0.39, 0.29) is 18.3 Å². The molecule has 0 bridgehead atoms. The van der Waals surface area contributed by atoms with Gasteiger partial charge < -0.3 is 24.2 Å². The Morgan fingerprint density at radius 2 is 1.89 bits per heavy atom. The van der Waals surface area contributed by atoms with Crippen molar-refractivity contribution in [2.75, 3.05) is 31.3 Å². The Morgan fingerprint density at radius 3 is 2.61 bits per heavy atom. The van der Waals surface area contributed by atoms with Crippen LogP contribution in [0.1, 0.15) is 11.6 Å². The molecule has 0 saturated carbocycles. The van der Waals surface area contributed by atoms with E-state index in [9.17, 15) is 12.8 Å². The van der Waals surface area contributed by atoms with Crippen LogP contribution >= 0.6 is 0 Å². The summed E-state index contributed by atoms with van der Waals surface area (Å²) in [5.74, 6) is 1.32. The van der Waals surface area contributed by atoms with E-state index in [0.717, 1.165) is 12.0 Å². The number of hydrogen-bond donors (Lipinski definition) is 3. The fraction of sp³-hybridized carbons (Fsp3) is 0.320. The molecule has 0 atom stereocenters. The molecule has 0 spiro atoms. The number of ether oxygens (including phenoxy) is 2. The Kier molecular flexibility index (Phi) is 7.79. The highest BCUT2D eigenvalue weighted by molar-refractivity contribution is 7.88. The first-order valence-electron chi connectivity index (χ1n) is 11.9. The van der Waals surface area contributed by atoms with Crippen LogP contribution < -0.4 is 10.0 Å². The summed E-state index contributed by atoms with van der Waals surface area (Å²) in [6.45, 7) is 1.37. The Labute approximate surface area is 218 Å². The van der Waals surface area contributed by atoms with E-state index in [0.29, 0.717) is 60.6 Å². The van der Waals surface area contributed by atoms with Gasteiger partial charge in [0.1, 0.15) is 17.4 Å². The fourth-order valence-corrected chi connectivity index (χ4v) is 4.47. The highest BCUT2D eigenvalue weighted by Gasteiger charge is 2.25. The highest BCUT2D eigenvalue weighted by Crippen LogP contribution is 2.30. The Balaban J connectivity index is 1.34. The average Bonchev–Trinajstić information content (AvgIpc) is 3.58. The number of benzene rings is 1. The van der Waals surface area contributed by atoms with Crippen molar-refractivity contribution in [2.24, 2.45) is 5.92 Å². The van der Waals surface area contributed by atoms with Gasteiger partial charge in [0.05, 0.1) is 55.8 Å². The van der Waals surface area contributed by atoms with Gasteiger partial charge in [-0.15, -0.1) is 0 Å². The summed E-state index contributed by atoms with van der Waals surface area (Å²) in [4.78, 5) is 17.0. The van der Waals surface area contributed by atoms with Crippen LogP contribution in [0.15, 0.2) is 59.3 Å². The number of anilines is 1. The lowest BCUT2D eigenvalue weighted by atomic mass is 10.1. The zero-order chi connectivity index (χ0) is 26.5. The maximum absolute atomic E-state index is 13.6. The molecule has 1 aliphatic rings. The van der Waals surface area contributed by atoms with E-state index in [1.807, 2.05) is 12.1 Å². The third-order valence-electron chi connectivity index (χ3n) is 5.81. The standard InChI is InChI=1S/C25H27FN6O5S/c1-38(33,34)29-12-16-14-36-22(37-15-16)11-21-31-23(17-4-6-18(26)7-5-17)24(32-21)20-8-9-27-25(30-20)28-13-19-3-2-10-35-19/h2-10,16,22,29H,11-15H2,1H3,(H,31,32)(H,27,28,30). The number of imidazole rings is 1. The van der Waals surface area contributed by atoms with Gasteiger partial charge in [0.15, 0.2) is 6.29 Å². The number of hydrogen-bond acceptors (Lipinski definition) is 9. The molecule has 1 saturated heterocycles. The molecule has 4 heterocycles. The van der Waals surface area contributed by atoms with Gasteiger partial charge in [0, 0.05) is 24.2 Å². The quantitative estimate of drug-likeness (QED) is 0.275. The summed E-state index contributed by atoms with van der Waals surface area (Å²) in [5.41, 5.74) is 2.55. The van der Waals surface area contributed by atoms with Crippen molar-refractivity contribution >= 4 is 16.0 Å². The first-order valence-corrected chi connectivity index (χ1v) is 13.8. The maximum atomic E-state index is 13.6. The van der Waals surface area contributed by atoms with Crippen molar-refractivity contribution in [3.05, 3.63) is 72.3 Å². The molecule has 0 radical (unpaired) electrons. The van der Waals surface area contributed by atoms with Gasteiger partial charge in [-0.05, 0) is 42.5 Å². The maximum Gasteiger partial charge on any atom is 0.223 e.